The molecule has 0 aliphatic heterocycles. The predicted molar refractivity (Wildman–Crippen MR) is 62.3 cm³/mol. The van der Waals surface area contributed by atoms with Crippen LogP contribution in [0.4, 0.5) is 4.39 Å². The molecule has 17 heavy (non-hydrogen) atoms. The number of hydrogen-bond donors (Lipinski definition) is 0. The second-order valence-electron chi connectivity index (χ2n) is 3.69. The topological polar surface area (TPSA) is 50.8 Å². The molecule has 0 aliphatic carbocycles. The first-order valence-corrected chi connectivity index (χ1v) is 5.49. The Hall–Kier alpha value is -1.91. The number of rotatable bonds is 5. The van der Waals surface area contributed by atoms with Crippen LogP contribution in [0.25, 0.3) is 0 Å². The lowest BCUT2D eigenvalue weighted by molar-refractivity contribution is 0.286. The van der Waals surface area contributed by atoms with Crippen molar-refractivity contribution in [3.05, 3.63) is 35.1 Å². The first-order valence-electron chi connectivity index (χ1n) is 5.49. The second kappa shape index (κ2) is 6.62. The van der Waals surface area contributed by atoms with Crippen LogP contribution in [-0.4, -0.2) is 18.0 Å². The third-order valence-corrected chi connectivity index (χ3v) is 2.57. The molecule has 0 unspecified atom stereocenters. The van der Waals surface area contributed by atoms with E-state index in [1.54, 1.807) is 0 Å². The van der Waals surface area contributed by atoms with E-state index in [4.69, 9.17) is 10.5 Å². The molecule has 0 aliphatic rings. The first-order chi connectivity index (χ1) is 8.21. The molecule has 0 amide bonds. The molecular formula is C13H14FN3. The molecule has 0 atom stereocenters. The quantitative estimate of drug-likeness (QED) is 0.782. The Bertz CT molecular complexity index is 457. The average Bonchev–Trinajstić information content (AvgIpc) is 2.34. The number of nitrogens with zero attached hydrogens (tertiary/aromatic N) is 3. The summed E-state index contributed by atoms with van der Waals surface area (Å²) in [6.45, 7) is 3.87. The minimum atomic E-state index is -0.338. The predicted octanol–water partition coefficient (Wildman–Crippen LogP) is 2.43. The summed E-state index contributed by atoms with van der Waals surface area (Å²) in [4.78, 5) is 2.01. The summed E-state index contributed by atoms with van der Waals surface area (Å²) in [7, 11) is 0. The number of nitriles is 2. The van der Waals surface area contributed by atoms with Gasteiger partial charge in [0, 0.05) is 19.5 Å². The molecule has 0 radical (unpaired) electrons. The van der Waals surface area contributed by atoms with Gasteiger partial charge in [-0.25, -0.2) is 4.39 Å². The van der Waals surface area contributed by atoms with Crippen molar-refractivity contribution in [3.8, 4) is 12.1 Å². The van der Waals surface area contributed by atoms with Gasteiger partial charge in [-0.15, -0.1) is 0 Å². The van der Waals surface area contributed by atoms with E-state index in [2.05, 4.69) is 6.07 Å². The van der Waals surface area contributed by atoms with Crippen molar-refractivity contribution in [2.45, 2.75) is 19.9 Å². The largest absolute Gasteiger partial charge is 0.298 e. The van der Waals surface area contributed by atoms with Gasteiger partial charge in [0.15, 0.2) is 0 Å². The van der Waals surface area contributed by atoms with Crippen molar-refractivity contribution in [1.82, 2.24) is 4.90 Å². The van der Waals surface area contributed by atoms with E-state index in [0.29, 0.717) is 30.6 Å². The summed E-state index contributed by atoms with van der Waals surface area (Å²) < 4.78 is 13.1. The van der Waals surface area contributed by atoms with Crippen LogP contribution in [0.5, 0.6) is 0 Å². The summed E-state index contributed by atoms with van der Waals surface area (Å²) in [5.41, 5.74) is 1.16. The number of hydrogen-bond acceptors (Lipinski definition) is 3. The molecule has 0 aromatic heterocycles. The van der Waals surface area contributed by atoms with Crippen LogP contribution in [-0.2, 0) is 6.54 Å². The van der Waals surface area contributed by atoms with Crippen LogP contribution >= 0.6 is 0 Å². The molecule has 0 saturated heterocycles. The third-order valence-electron chi connectivity index (χ3n) is 2.57. The average molecular weight is 231 g/mol. The maximum Gasteiger partial charge on any atom is 0.123 e. The van der Waals surface area contributed by atoms with Crippen LogP contribution in [0.2, 0.25) is 0 Å². The SMILES string of the molecule is CCN(CCC#N)Cc1cc(F)ccc1C#N. The van der Waals surface area contributed by atoms with Crippen molar-refractivity contribution in [1.29, 1.82) is 10.5 Å². The van der Waals surface area contributed by atoms with E-state index in [1.165, 1.54) is 18.2 Å². The fraction of sp³-hybridized carbons (Fsp3) is 0.385. The van der Waals surface area contributed by atoms with Crippen LogP contribution in [0.15, 0.2) is 18.2 Å². The van der Waals surface area contributed by atoms with Gasteiger partial charge in [-0.1, -0.05) is 6.92 Å². The summed E-state index contributed by atoms with van der Waals surface area (Å²) in [5.74, 6) is -0.338. The lowest BCUT2D eigenvalue weighted by Gasteiger charge is -2.19. The zero-order valence-electron chi connectivity index (χ0n) is 9.78. The van der Waals surface area contributed by atoms with E-state index in [1.807, 2.05) is 17.9 Å². The van der Waals surface area contributed by atoms with Gasteiger partial charge in [-0.2, -0.15) is 10.5 Å². The fourth-order valence-electron chi connectivity index (χ4n) is 1.60. The smallest absolute Gasteiger partial charge is 0.123 e. The molecule has 0 saturated carbocycles. The Labute approximate surface area is 101 Å². The number of benzene rings is 1. The molecule has 88 valence electrons. The highest BCUT2D eigenvalue weighted by Crippen LogP contribution is 2.13. The summed E-state index contributed by atoms with van der Waals surface area (Å²) in [5, 5.41) is 17.5. The molecule has 1 aromatic carbocycles. The Morgan fingerprint density at radius 2 is 2.12 bits per heavy atom. The first kappa shape index (κ1) is 13.2. The fourth-order valence-corrected chi connectivity index (χ4v) is 1.60. The third kappa shape index (κ3) is 3.86. The summed E-state index contributed by atoms with van der Waals surface area (Å²) in [6.07, 6.45) is 0.436. The van der Waals surface area contributed by atoms with Crippen LogP contribution < -0.4 is 0 Å². The monoisotopic (exact) mass is 231 g/mol. The highest BCUT2D eigenvalue weighted by Gasteiger charge is 2.08. The Morgan fingerprint density at radius 3 is 2.71 bits per heavy atom. The maximum absolute atomic E-state index is 13.1. The van der Waals surface area contributed by atoms with Crippen LogP contribution in [0.3, 0.4) is 0 Å². The lowest BCUT2D eigenvalue weighted by Crippen LogP contribution is -2.24. The molecule has 1 rings (SSSR count). The van der Waals surface area contributed by atoms with Gasteiger partial charge < -0.3 is 0 Å². The van der Waals surface area contributed by atoms with Gasteiger partial charge in [-0.05, 0) is 30.3 Å². The van der Waals surface area contributed by atoms with E-state index >= 15 is 0 Å². The van der Waals surface area contributed by atoms with Gasteiger partial charge in [0.05, 0.1) is 17.7 Å². The second-order valence-corrected chi connectivity index (χ2v) is 3.69. The number of halogens is 1. The minimum absolute atomic E-state index is 0.338. The highest BCUT2D eigenvalue weighted by molar-refractivity contribution is 5.37. The van der Waals surface area contributed by atoms with Gasteiger partial charge in [0.1, 0.15) is 5.82 Å². The van der Waals surface area contributed by atoms with Crippen molar-refractivity contribution in [2.24, 2.45) is 0 Å². The molecule has 0 spiro atoms. The van der Waals surface area contributed by atoms with Crippen molar-refractivity contribution in [3.63, 3.8) is 0 Å². The molecule has 4 heteroatoms. The van der Waals surface area contributed by atoms with Crippen molar-refractivity contribution >= 4 is 0 Å². The molecule has 1 aromatic rings. The van der Waals surface area contributed by atoms with Gasteiger partial charge in [0.2, 0.25) is 0 Å². The molecular weight excluding hydrogens is 217 g/mol. The van der Waals surface area contributed by atoms with Crippen molar-refractivity contribution < 1.29 is 4.39 Å². The zero-order valence-corrected chi connectivity index (χ0v) is 9.78. The Morgan fingerprint density at radius 1 is 1.35 bits per heavy atom. The van der Waals surface area contributed by atoms with Crippen molar-refractivity contribution in [2.75, 3.05) is 13.1 Å². The normalized spacial score (nSPS) is 9.94. The molecule has 0 heterocycles. The Kier molecular flexibility index (Phi) is 5.13. The van der Waals surface area contributed by atoms with Gasteiger partial charge in [0.25, 0.3) is 0 Å². The van der Waals surface area contributed by atoms with E-state index in [9.17, 15) is 4.39 Å². The maximum atomic E-state index is 13.1. The van der Waals surface area contributed by atoms with Crippen LogP contribution in [0.1, 0.15) is 24.5 Å². The van der Waals surface area contributed by atoms with Crippen LogP contribution in [0, 0.1) is 28.5 Å². The highest BCUT2D eigenvalue weighted by atomic mass is 19.1. The summed E-state index contributed by atoms with van der Waals surface area (Å²) >= 11 is 0. The Balaban J connectivity index is 2.82. The lowest BCUT2D eigenvalue weighted by atomic mass is 10.1. The molecule has 3 nitrogen and oxygen atoms in total. The standard InChI is InChI=1S/C13H14FN3/c1-2-17(7-3-6-15)10-12-8-13(14)5-4-11(12)9-16/h4-5,8H,2-3,7,10H2,1H3. The van der Waals surface area contributed by atoms with Gasteiger partial charge in [-0.3, -0.25) is 4.90 Å². The zero-order chi connectivity index (χ0) is 12.7. The molecule has 0 N–H and O–H groups in total. The minimum Gasteiger partial charge on any atom is -0.298 e. The molecule has 0 bridgehead atoms. The van der Waals surface area contributed by atoms with E-state index in [0.717, 1.165) is 6.54 Å². The van der Waals surface area contributed by atoms with Gasteiger partial charge >= 0.3 is 0 Å². The molecule has 0 fully saturated rings. The summed E-state index contributed by atoms with van der Waals surface area (Å²) in [6, 6.07) is 8.28. The van der Waals surface area contributed by atoms with E-state index < -0.39 is 0 Å². The van der Waals surface area contributed by atoms with E-state index in [-0.39, 0.29) is 5.82 Å².